The molecule has 3 heterocycles. The molecule has 2 aromatic rings. The number of amides is 2. The second-order valence-electron chi connectivity index (χ2n) is 11.8. The van der Waals surface area contributed by atoms with E-state index >= 15 is 0 Å². The van der Waals surface area contributed by atoms with E-state index in [1.54, 1.807) is 30.3 Å². The third kappa shape index (κ3) is 9.86. The van der Waals surface area contributed by atoms with Crippen molar-refractivity contribution >= 4 is 23.5 Å². The number of anilines is 1. The standard InChI is InChI=1S/C33H44N4O12/c1-3-4-5-6-7-8-12-15-23(40)47-28-25(45-2)26(48-31(28)37-17-16-22(39)36-33(37)44)27(29(34)42)49-32-24(41)20(38)18-21(46-32)30(43)35-19-13-10-9-11-14-19/h9-11,13-14,16-18,20,24-28,31-32,38,41H,3-8,12,15H2,1-2H3,(H2,34,42)(H,35,43)(H,36,39,44)/t20-,24-,25+,26-,27?,28+,31+,32+/m0/s1. The van der Waals surface area contributed by atoms with E-state index in [0.717, 1.165) is 61.4 Å². The number of nitrogens with zero attached hydrogens (tertiary/aromatic N) is 1. The highest BCUT2D eigenvalue weighted by molar-refractivity contribution is 6.02. The Balaban J connectivity index is 1.54. The smallest absolute Gasteiger partial charge is 0.330 e. The van der Waals surface area contributed by atoms with E-state index in [9.17, 15) is 34.2 Å². The van der Waals surface area contributed by atoms with Crippen molar-refractivity contribution in [1.82, 2.24) is 9.55 Å². The quantitative estimate of drug-likeness (QED) is 0.116. The molecule has 1 unspecified atom stereocenters. The Bertz CT molecular complexity index is 1560. The van der Waals surface area contributed by atoms with E-state index in [4.69, 9.17) is 29.4 Å². The van der Waals surface area contributed by atoms with Gasteiger partial charge in [-0.2, -0.15) is 0 Å². The van der Waals surface area contributed by atoms with Crippen LogP contribution in [0.2, 0.25) is 0 Å². The number of aliphatic hydroxyl groups excluding tert-OH is 2. The first-order valence-electron chi connectivity index (χ1n) is 16.3. The van der Waals surface area contributed by atoms with Crippen molar-refractivity contribution in [3.63, 3.8) is 0 Å². The lowest BCUT2D eigenvalue weighted by molar-refractivity contribution is -0.241. The van der Waals surface area contributed by atoms with Crippen LogP contribution in [0.4, 0.5) is 5.69 Å². The number of hydrogen-bond acceptors (Lipinski definition) is 12. The zero-order chi connectivity index (χ0) is 35.5. The Morgan fingerprint density at radius 3 is 2.37 bits per heavy atom. The minimum Gasteiger partial charge on any atom is -0.456 e. The summed E-state index contributed by atoms with van der Waals surface area (Å²) in [6, 6.07) is 9.42. The van der Waals surface area contributed by atoms with Crippen LogP contribution in [-0.4, -0.2) is 87.6 Å². The first-order valence-corrected chi connectivity index (χ1v) is 16.3. The van der Waals surface area contributed by atoms with Gasteiger partial charge < -0.3 is 44.9 Å². The van der Waals surface area contributed by atoms with Crippen LogP contribution in [0.3, 0.4) is 0 Å². The van der Waals surface area contributed by atoms with Crippen LogP contribution in [0, 0.1) is 0 Å². The minimum atomic E-state index is -1.82. The first-order chi connectivity index (χ1) is 23.5. The fourth-order valence-corrected chi connectivity index (χ4v) is 5.64. The molecule has 0 aliphatic carbocycles. The van der Waals surface area contributed by atoms with Gasteiger partial charge in [-0.15, -0.1) is 0 Å². The van der Waals surface area contributed by atoms with Crippen LogP contribution in [0.25, 0.3) is 0 Å². The number of unbranched alkanes of at least 4 members (excludes halogenated alkanes) is 6. The van der Waals surface area contributed by atoms with E-state index in [0.29, 0.717) is 12.1 Å². The van der Waals surface area contributed by atoms with E-state index in [2.05, 4.69) is 17.2 Å². The number of hydrogen-bond donors (Lipinski definition) is 5. The van der Waals surface area contributed by atoms with Gasteiger partial charge in [0.1, 0.15) is 24.4 Å². The van der Waals surface area contributed by atoms with Crippen molar-refractivity contribution < 1.29 is 48.3 Å². The number of H-pyrrole nitrogens is 1. The van der Waals surface area contributed by atoms with Gasteiger partial charge in [0.05, 0.1) is 0 Å². The molecule has 2 amide bonds. The number of esters is 1. The van der Waals surface area contributed by atoms with E-state index in [-0.39, 0.29) is 6.42 Å². The van der Waals surface area contributed by atoms with Crippen LogP contribution in [0.1, 0.15) is 64.5 Å². The Hall–Kier alpha value is -4.35. The van der Waals surface area contributed by atoms with Gasteiger partial charge >= 0.3 is 11.7 Å². The molecule has 8 atom stereocenters. The number of primary amides is 1. The van der Waals surface area contributed by atoms with E-state index in [1.807, 2.05) is 0 Å². The van der Waals surface area contributed by atoms with Gasteiger partial charge in [-0.1, -0.05) is 63.6 Å². The molecule has 4 rings (SSSR count). The van der Waals surface area contributed by atoms with Gasteiger partial charge in [0.15, 0.2) is 24.2 Å². The summed E-state index contributed by atoms with van der Waals surface area (Å²) in [5, 5.41) is 23.8. The molecule has 1 saturated heterocycles. The van der Waals surface area contributed by atoms with Crippen LogP contribution in [0.15, 0.2) is 64.0 Å². The Morgan fingerprint density at radius 2 is 1.71 bits per heavy atom. The summed E-state index contributed by atoms with van der Waals surface area (Å²) in [6.07, 6.45) is -3.62. The lowest BCUT2D eigenvalue weighted by Crippen LogP contribution is -2.54. The molecule has 1 aromatic carbocycles. The number of ether oxygens (including phenoxy) is 5. The van der Waals surface area contributed by atoms with Gasteiger partial charge in [-0.3, -0.25) is 28.7 Å². The number of nitrogens with one attached hydrogen (secondary N) is 2. The summed E-state index contributed by atoms with van der Waals surface area (Å²) in [7, 11) is 1.25. The summed E-state index contributed by atoms with van der Waals surface area (Å²) >= 11 is 0. The number of carbonyl (C=O) groups is 3. The number of nitrogens with two attached hydrogens (primary N) is 1. The Kier molecular flexibility index (Phi) is 13.7. The van der Waals surface area contributed by atoms with E-state index < -0.39 is 83.9 Å². The number of para-hydroxylation sites is 1. The molecule has 268 valence electrons. The van der Waals surface area contributed by atoms with Crippen molar-refractivity contribution in [2.75, 3.05) is 12.4 Å². The molecule has 2 aliphatic rings. The van der Waals surface area contributed by atoms with Crippen LogP contribution < -0.4 is 22.3 Å². The van der Waals surface area contributed by atoms with Crippen LogP contribution >= 0.6 is 0 Å². The monoisotopic (exact) mass is 688 g/mol. The number of aromatic amines is 1. The fraction of sp³-hybridized carbons (Fsp3) is 0.545. The van der Waals surface area contributed by atoms with Crippen LogP contribution in [0.5, 0.6) is 0 Å². The molecule has 1 aromatic heterocycles. The number of carbonyl (C=O) groups excluding carboxylic acids is 3. The molecule has 1 fully saturated rings. The zero-order valence-corrected chi connectivity index (χ0v) is 27.4. The lowest BCUT2D eigenvalue weighted by Gasteiger charge is -2.35. The molecule has 2 aliphatic heterocycles. The molecule has 0 bridgehead atoms. The number of rotatable bonds is 17. The summed E-state index contributed by atoms with van der Waals surface area (Å²) in [5.41, 5.74) is 4.55. The number of benzene rings is 1. The first kappa shape index (κ1) is 37.5. The minimum absolute atomic E-state index is 0.0640. The van der Waals surface area contributed by atoms with Crippen molar-refractivity contribution in [3.8, 4) is 0 Å². The maximum Gasteiger partial charge on any atom is 0.330 e. The number of methoxy groups -OCH3 is 1. The van der Waals surface area contributed by atoms with Gasteiger partial charge in [-0.05, 0) is 24.6 Å². The van der Waals surface area contributed by atoms with Crippen LogP contribution in [-0.2, 0) is 38.1 Å². The highest BCUT2D eigenvalue weighted by Gasteiger charge is 2.54. The molecule has 0 saturated carbocycles. The Morgan fingerprint density at radius 1 is 1.02 bits per heavy atom. The lowest BCUT2D eigenvalue weighted by atomic mass is 10.0. The topological polar surface area (TPSA) is 231 Å². The predicted octanol–water partition coefficient (Wildman–Crippen LogP) is 0.973. The molecule has 16 nitrogen and oxygen atoms in total. The summed E-state index contributed by atoms with van der Waals surface area (Å²) in [5.74, 6) is -2.94. The summed E-state index contributed by atoms with van der Waals surface area (Å²) in [4.78, 5) is 65.5. The molecule has 0 radical (unpaired) electrons. The van der Waals surface area contributed by atoms with Crippen molar-refractivity contribution in [3.05, 3.63) is 75.3 Å². The molecular weight excluding hydrogens is 644 g/mol. The average molecular weight is 689 g/mol. The average Bonchev–Trinajstić information content (AvgIpc) is 3.41. The van der Waals surface area contributed by atoms with Crippen molar-refractivity contribution in [2.45, 2.75) is 107 Å². The Labute approximate surface area is 282 Å². The molecule has 6 N–H and O–H groups in total. The molecular formula is C33H44N4O12. The predicted molar refractivity (Wildman–Crippen MR) is 173 cm³/mol. The van der Waals surface area contributed by atoms with Gasteiger partial charge in [0, 0.05) is 31.5 Å². The fourth-order valence-electron chi connectivity index (χ4n) is 5.64. The van der Waals surface area contributed by atoms with E-state index in [1.165, 1.54) is 7.11 Å². The van der Waals surface area contributed by atoms with Gasteiger partial charge in [0.2, 0.25) is 12.2 Å². The third-order valence-electron chi connectivity index (χ3n) is 8.18. The van der Waals surface area contributed by atoms with Gasteiger partial charge in [0.25, 0.3) is 11.5 Å². The normalized spacial score (nSPS) is 25.6. The highest BCUT2D eigenvalue weighted by Crippen LogP contribution is 2.36. The largest absolute Gasteiger partial charge is 0.456 e. The molecule has 16 heteroatoms. The summed E-state index contributed by atoms with van der Waals surface area (Å²) < 4.78 is 29.8. The summed E-state index contributed by atoms with van der Waals surface area (Å²) in [6.45, 7) is 2.13. The van der Waals surface area contributed by atoms with Crippen molar-refractivity contribution in [2.24, 2.45) is 5.73 Å². The number of aromatic nitrogens is 2. The number of aliphatic hydroxyl groups is 2. The zero-order valence-electron chi connectivity index (χ0n) is 27.4. The highest BCUT2D eigenvalue weighted by atomic mass is 16.7. The third-order valence-corrected chi connectivity index (χ3v) is 8.18. The SMILES string of the molecule is CCCCCCCCCC(=O)O[C@@H]1[C@H](OC)[C@@H](C(O[C@H]2OC(C(=O)Nc3ccccc3)=C[C@H](O)[C@@H]2O)C(N)=O)O[C@H]1n1ccc(=O)[nH]c1=O. The maximum atomic E-state index is 13.0. The second kappa shape index (κ2) is 17.9. The maximum absolute atomic E-state index is 13.0. The second-order valence-corrected chi connectivity index (χ2v) is 11.8. The van der Waals surface area contributed by atoms with Gasteiger partial charge in [-0.25, -0.2) is 4.79 Å². The molecule has 49 heavy (non-hydrogen) atoms. The van der Waals surface area contributed by atoms with Crippen molar-refractivity contribution in [1.29, 1.82) is 0 Å². The molecule has 0 spiro atoms.